The van der Waals surface area contributed by atoms with E-state index in [0.29, 0.717) is 12.8 Å². The van der Waals surface area contributed by atoms with E-state index in [4.69, 9.17) is 4.74 Å². The summed E-state index contributed by atoms with van der Waals surface area (Å²) in [4.78, 5) is 11.6. The van der Waals surface area contributed by atoms with Gasteiger partial charge in [0.1, 0.15) is 0 Å². The smallest absolute Gasteiger partial charge is 0.430 e. The number of halogens is 4. The molecule has 0 aromatic rings. The third-order valence-electron chi connectivity index (χ3n) is 3.44. The Hall–Kier alpha value is -0.310. The second kappa shape index (κ2) is 6.64. The van der Waals surface area contributed by atoms with Crippen LogP contribution in [0.1, 0.15) is 39.0 Å². The summed E-state index contributed by atoms with van der Waals surface area (Å²) < 4.78 is 40.9. The van der Waals surface area contributed by atoms with Gasteiger partial charge in [-0.05, 0) is 42.4 Å². The van der Waals surface area contributed by atoms with Crippen LogP contribution in [-0.2, 0) is 9.53 Å². The maximum Gasteiger partial charge on any atom is 0.430 e. The van der Waals surface area contributed by atoms with Gasteiger partial charge in [-0.15, -0.1) is 0 Å². The van der Waals surface area contributed by atoms with Crippen molar-refractivity contribution in [2.45, 2.75) is 54.9 Å². The van der Waals surface area contributed by atoms with Gasteiger partial charge in [-0.3, -0.25) is 0 Å². The highest BCUT2D eigenvalue weighted by molar-refractivity contribution is 14.1. The molecule has 0 heterocycles. The average Bonchev–Trinajstić information content (AvgIpc) is 2.34. The molecule has 20 heavy (non-hydrogen) atoms. The molecule has 0 aromatic heterocycles. The first-order chi connectivity index (χ1) is 9.07. The van der Waals surface area contributed by atoms with Crippen LogP contribution < -0.4 is 0 Å². The first kappa shape index (κ1) is 17.7. The highest BCUT2D eigenvalue weighted by Crippen LogP contribution is 2.45. The molecule has 1 aliphatic rings. The Labute approximate surface area is 129 Å². The highest BCUT2D eigenvalue weighted by Gasteiger charge is 2.60. The number of ether oxygens (including phenoxy) is 1. The summed E-state index contributed by atoms with van der Waals surface area (Å²) in [6, 6.07) is 0. The van der Waals surface area contributed by atoms with Gasteiger partial charge in [0.05, 0.1) is 0 Å². The lowest BCUT2D eigenvalue weighted by Crippen LogP contribution is -2.54. The summed E-state index contributed by atoms with van der Waals surface area (Å²) >= 11 is 0.927. The van der Waals surface area contributed by atoms with Crippen LogP contribution in [0.3, 0.4) is 0 Å². The Balaban J connectivity index is 3.00. The number of rotatable bonds is 4. The summed E-state index contributed by atoms with van der Waals surface area (Å²) in [6.45, 7) is 4.72. The summed E-state index contributed by atoms with van der Waals surface area (Å²) in [7, 11) is 0. The lowest BCUT2D eigenvalue weighted by molar-refractivity contribution is -0.251. The largest absolute Gasteiger partial charge is 0.454 e. The Kier molecular flexibility index (Phi) is 5.89. The van der Waals surface area contributed by atoms with Crippen LogP contribution in [0.4, 0.5) is 13.2 Å². The van der Waals surface area contributed by atoms with E-state index >= 15 is 0 Å². The molecule has 0 spiro atoms. The van der Waals surface area contributed by atoms with E-state index in [1.165, 1.54) is 6.92 Å². The molecule has 1 N–H and O–H groups in total. The van der Waals surface area contributed by atoms with Crippen molar-refractivity contribution in [3.63, 3.8) is 0 Å². The SMILES string of the molecule is C=C(C)C(=O)OC(C1CCCCC1)C(O)(I)C(F)(F)F. The van der Waals surface area contributed by atoms with Gasteiger partial charge in [-0.2, -0.15) is 13.2 Å². The zero-order valence-corrected chi connectivity index (χ0v) is 13.3. The first-order valence-electron chi connectivity index (χ1n) is 6.42. The van der Waals surface area contributed by atoms with E-state index < -0.39 is 27.8 Å². The average molecular weight is 406 g/mol. The molecule has 0 aromatic carbocycles. The number of carbonyl (C=O) groups excluding carboxylic acids is 1. The number of aliphatic hydroxyl groups is 1. The molecule has 1 saturated carbocycles. The summed E-state index contributed by atoms with van der Waals surface area (Å²) in [5.74, 6) is -1.39. The van der Waals surface area contributed by atoms with E-state index in [1.54, 1.807) is 0 Å². The third-order valence-corrected chi connectivity index (χ3v) is 4.66. The Bertz CT molecular complexity index is 374. The molecule has 2 unspecified atom stereocenters. The Morgan fingerprint density at radius 3 is 2.25 bits per heavy atom. The first-order valence-corrected chi connectivity index (χ1v) is 7.49. The van der Waals surface area contributed by atoms with Crippen molar-refractivity contribution in [3.8, 4) is 0 Å². The van der Waals surface area contributed by atoms with Crippen LogP contribution >= 0.6 is 22.6 Å². The van der Waals surface area contributed by atoms with Crippen LogP contribution in [0.15, 0.2) is 12.2 Å². The molecular weight excluding hydrogens is 388 g/mol. The van der Waals surface area contributed by atoms with Crippen LogP contribution in [0, 0.1) is 5.92 Å². The fourth-order valence-electron chi connectivity index (χ4n) is 2.30. The molecular formula is C13H18F3IO3. The van der Waals surface area contributed by atoms with Crippen molar-refractivity contribution >= 4 is 28.6 Å². The lowest BCUT2D eigenvalue weighted by atomic mass is 9.83. The van der Waals surface area contributed by atoms with Crippen LogP contribution in [-0.4, -0.2) is 27.0 Å². The van der Waals surface area contributed by atoms with Gasteiger partial charge in [0.2, 0.25) is 3.61 Å². The standard InChI is InChI=1S/C13H18F3IO3/c1-8(2)11(18)20-10(9-6-4-3-5-7-9)12(17,19)13(14,15)16/h9-10,19H,1,3-7H2,2H3. The number of esters is 1. The molecule has 0 radical (unpaired) electrons. The summed E-state index contributed by atoms with van der Waals surface area (Å²) in [5.41, 5.74) is 0.0141. The van der Waals surface area contributed by atoms with E-state index in [1.807, 2.05) is 0 Å². The molecule has 1 rings (SSSR count). The zero-order chi connectivity index (χ0) is 15.6. The monoisotopic (exact) mass is 406 g/mol. The highest BCUT2D eigenvalue weighted by atomic mass is 127. The maximum absolute atomic E-state index is 13.0. The molecule has 1 fully saturated rings. The van der Waals surface area contributed by atoms with Crippen molar-refractivity contribution in [1.82, 2.24) is 0 Å². The zero-order valence-electron chi connectivity index (χ0n) is 11.2. The third kappa shape index (κ3) is 4.09. The fourth-order valence-corrected chi connectivity index (χ4v) is 2.94. The minimum atomic E-state index is -4.87. The minimum absolute atomic E-state index is 0.0141. The molecule has 0 aliphatic heterocycles. The predicted octanol–water partition coefficient (Wildman–Crippen LogP) is 3.74. The molecule has 7 heteroatoms. The van der Waals surface area contributed by atoms with Crippen molar-refractivity contribution in [2.75, 3.05) is 0 Å². The normalized spacial score (nSPS) is 21.9. The molecule has 2 atom stereocenters. The molecule has 0 amide bonds. The van der Waals surface area contributed by atoms with Crippen LogP contribution in [0.2, 0.25) is 0 Å². The second-order valence-corrected chi connectivity index (χ2v) is 6.82. The number of hydrogen-bond acceptors (Lipinski definition) is 3. The van der Waals surface area contributed by atoms with Crippen molar-refractivity contribution in [3.05, 3.63) is 12.2 Å². The van der Waals surface area contributed by atoms with Crippen LogP contribution in [0.25, 0.3) is 0 Å². The molecule has 0 saturated heterocycles. The quantitative estimate of drug-likeness (QED) is 0.335. The van der Waals surface area contributed by atoms with Gasteiger partial charge in [0.25, 0.3) is 0 Å². The van der Waals surface area contributed by atoms with Gasteiger partial charge in [-0.25, -0.2) is 4.79 Å². The number of alkyl halides is 4. The minimum Gasteiger partial charge on any atom is -0.454 e. The van der Waals surface area contributed by atoms with Gasteiger partial charge in [0, 0.05) is 11.5 Å². The maximum atomic E-state index is 13.0. The molecule has 3 nitrogen and oxygen atoms in total. The topological polar surface area (TPSA) is 46.5 Å². The lowest BCUT2D eigenvalue weighted by Gasteiger charge is -2.38. The van der Waals surface area contributed by atoms with E-state index in [9.17, 15) is 23.1 Å². The van der Waals surface area contributed by atoms with Gasteiger partial charge >= 0.3 is 12.1 Å². The van der Waals surface area contributed by atoms with Crippen molar-refractivity contribution in [1.29, 1.82) is 0 Å². The molecule has 1 aliphatic carbocycles. The molecule has 116 valence electrons. The van der Waals surface area contributed by atoms with Gasteiger partial charge in [0.15, 0.2) is 6.10 Å². The van der Waals surface area contributed by atoms with Gasteiger partial charge in [-0.1, -0.05) is 25.8 Å². The number of hydrogen-bond donors (Lipinski definition) is 1. The van der Waals surface area contributed by atoms with E-state index in [0.717, 1.165) is 41.9 Å². The van der Waals surface area contributed by atoms with Gasteiger partial charge < -0.3 is 9.84 Å². The summed E-state index contributed by atoms with van der Waals surface area (Å²) in [6.07, 6.45) is -2.96. The van der Waals surface area contributed by atoms with E-state index in [-0.39, 0.29) is 5.57 Å². The molecule has 0 bridgehead atoms. The Morgan fingerprint density at radius 2 is 1.85 bits per heavy atom. The van der Waals surface area contributed by atoms with Crippen molar-refractivity contribution < 1.29 is 27.8 Å². The van der Waals surface area contributed by atoms with Crippen LogP contribution in [0.5, 0.6) is 0 Å². The number of carbonyl (C=O) groups is 1. The van der Waals surface area contributed by atoms with E-state index in [2.05, 4.69) is 6.58 Å². The fraction of sp³-hybridized carbons (Fsp3) is 0.769. The van der Waals surface area contributed by atoms with Crippen molar-refractivity contribution in [2.24, 2.45) is 5.92 Å². The summed E-state index contributed by atoms with van der Waals surface area (Å²) in [5, 5.41) is 9.85. The predicted molar refractivity (Wildman–Crippen MR) is 76.3 cm³/mol. The second-order valence-electron chi connectivity index (χ2n) is 5.18. The Morgan fingerprint density at radius 1 is 1.35 bits per heavy atom.